The molecule has 6 nitrogen and oxygen atoms in total. The van der Waals surface area contributed by atoms with Gasteiger partial charge in [-0.3, -0.25) is 9.59 Å². The molecule has 1 aromatic heterocycles. The molecule has 0 saturated heterocycles. The summed E-state index contributed by atoms with van der Waals surface area (Å²) in [5.74, 6) is 0.107. The fourth-order valence-corrected chi connectivity index (χ4v) is 2.27. The minimum absolute atomic E-state index is 0.0109. The van der Waals surface area contributed by atoms with Crippen molar-refractivity contribution < 1.29 is 9.59 Å². The van der Waals surface area contributed by atoms with E-state index in [9.17, 15) is 9.59 Å². The van der Waals surface area contributed by atoms with Gasteiger partial charge in [0.1, 0.15) is 0 Å². The molecule has 0 spiro atoms. The first-order chi connectivity index (χ1) is 12.5. The van der Waals surface area contributed by atoms with Crippen molar-refractivity contribution in [3.8, 4) is 0 Å². The fraction of sp³-hybridized carbons (Fsp3) is 0.100. The largest absolute Gasteiger partial charge is 0.324 e. The average Bonchev–Trinajstić information content (AvgIpc) is 2.64. The zero-order chi connectivity index (χ0) is 18.5. The van der Waals surface area contributed by atoms with E-state index in [4.69, 9.17) is 0 Å². The summed E-state index contributed by atoms with van der Waals surface area (Å²) in [7, 11) is 0. The Labute approximate surface area is 151 Å². The second kappa shape index (κ2) is 7.57. The van der Waals surface area contributed by atoms with Crippen LogP contribution in [0.1, 0.15) is 33.2 Å². The van der Waals surface area contributed by atoms with E-state index in [-0.39, 0.29) is 11.7 Å². The number of nitrogens with zero attached hydrogens (tertiary/aromatic N) is 2. The molecule has 0 unspecified atom stereocenters. The SMILES string of the molecule is CC(=O)c1ccc(Nc2ncc(C(=O)Nc3ccc(C)cc3)cn2)cc1. The summed E-state index contributed by atoms with van der Waals surface area (Å²) < 4.78 is 0. The van der Waals surface area contributed by atoms with E-state index in [0.29, 0.717) is 22.8 Å². The zero-order valence-electron chi connectivity index (χ0n) is 14.5. The number of rotatable bonds is 5. The lowest BCUT2D eigenvalue weighted by molar-refractivity contribution is 0.101. The van der Waals surface area contributed by atoms with Gasteiger partial charge in [-0.25, -0.2) is 9.97 Å². The molecule has 0 aliphatic heterocycles. The third kappa shape index (κ3) is 4.30. The number of carbonyl (C=O) groups is 2. The van der Waals surface area contributed by atoms with Gasteiger partial charge >= 0.3 is 0 Å². The summed E-state index contributed by atoms with van der Waals surface area (Å²) in [6.45, 7) is 3.50. The predicted octanol–water partition coefficient (Wildman–Crippen LogP) is 3.98. The van der Waals surface area contributed by atoms with Crippen molar-refractivity contribution >= 4 is 29.0 Å². The van der Waals surface area contributed by atoms with Gasteiger partial charge in [0.15, 0.2) is 5.78 Å². The van der Waals surface area contributed by atoms with Crippen LogP contribution in [0.25, 0.3) is 0 Å². The highest BCUT2D eigenvalue weighted by Crippen LogP contribution is 2.15. The van der Waals surface area contributed by atoms with Crippen LogP contribution in [0.2, 0.25) is 0 Å². The number of aromatic nitrogens is 2. The zero-order valence-corrected chi connectivity index (χ0v) is 14.5. The third-order valence-corrected chi connectivity index (χ3v) is 3.77. The monoisotopic (exact) mass is 346 g/mol. The molecular weight excluding hydrogens is 328 g/mol. The van der Waals surface area contributed by atoms with Crippen molar-refractivity contribution in [2.75, 3.05) is 10.6 Å². The fourth-order valence-electron chi connectivity index (χ4n) is 2.27. The summed E-state index contributed by atoms with van der Waals surface area (Å²) in [5.41, 5.74) is 3.60. The highest BCUT2D eigenvalue weighted by molar-refractivity contribution is 6.03. The Bertz CT molecular complexity index is 918. The predicted molar refractivity (Wildman–Crippen MR) is 101 cm³/mol. The maximum atomic E-state index is 12.2. The minimum Gasteiger partial charge on any atom is -0.324 e. The van der Waals surface area contributed by atoms with E-state index in [1.165, 1.54) is 19.3 Å². The molecule has 6 heteroatoms. The standard InChI is InChI=1S/C20H18N4O2/c1-13-3-7-17(8-4-13)23-19(26)16-11-21-20(22-12-16)24-18-9-5-15(6-10-18)14(2)25/h3-12H,1-2H3,(H,23,26)(H,21,22,24). The quantitative estimate of drug-likeness (QED) is 0.683. The molecule has 2 aromatic carbocycles. The number of benzene rings is 2. The van der Waals surface area contributed by atoms with Crippen LogP contribution in [0.3, 0.4) is 0 Å². The lowest BCUT2D eigenvalue weighted by atomic mass is 10.1. The van der Waals surface area contributed by atoms with Crippen LogP contribution in [-0.4, -0.2) is 21.7 Å². The summed E-state index contributed by atoms with van der Waals surface area (Å²) in [6, 6.07) is 14.6. The van der Waals surface area contributed by atoms with E-state index in [2.05, 4.69) is 20.6 Å². The van der Waals surface area contributed by atoms with Crippen molar-refractivity contribution in [2.24, 2.45) is 0 Å². The highest BCUT2D eigenvalue weighted by Gasteiger charge is 2.08. The molecule has 0 aliphatic carbocycles. The smallest absolute Gasteiger partial charge is 0.258 e. The van der Waals surface area contributed by atoms with Crippen molar-refractivity contribution in [2.45, 2.75) is 13.8 Å². The molecule has 0 radical (unpaired) electrons. The van der Waals surface area contributed by atoms with E-state index in [0.717, 1.165) is 11.3 Å². The van der Waals surface area contributed by atoms with Gasteiger partial charge in [-0.1, -0.05) is 17.7 Å². The van der Waals surface area contributed by atoms with Crippen LogP contribution in [0.15, 0.2) is 60.9 Å². The molecule has 0 atom stereocenters. The van der Waals surface area contributed by atoms with Crippen LogP contribution in [0, 0.1) is 6.92 Å². The first-order valence-corrected chi connectivity index (χ1v) is 8.09. The number of carbonyl (C=O) groups excluding carboxylic acids is 2. The van der Waals surface area contributed by atoms with Crippen LogP contribution < -0.4 is 10.6 Å². The van der Waals surface area contributed by atoms with Crippen LogP contribution in [0.5, 0.6) is 0 Å². The van der Waals surface area contributed by atoms with Gasteiger partial charge in [-0.15, -0.1) is 0 Å². The Kier molecular flexibility index (Phi) is 5.03. The van der Waals surface area contributed by atoms with Gasteiger partial charge in [0.25, 0.3) is 5.91 Å². The van der Waals surface area contributed by atoms with Gasteiger partial charge < -0.3 is 10.6 Å². The van der Waals surface area contributed by atoms with Crippen LogP contribution >= 0.6 is 0 Å². The van der Waals surface area contributed by atoms with Crippen LogP contribution in [-0.2, 0) is 0 Å². The van der Waals surface area contributed by atoms with Gasteiger partial charge in [0.05, 0.1) is 5.56 Å². The Morgan fingerprint density at radius 3 is 1.96 bits per heavy atom. The first-order valence-electron chi connectivity index (χ1n) is 8.09. The molecule has 0 fully saturated rings. The average molecular weight is 346 g/mol. The number of hydrogen-bond acceptors (Lipinski definition) is 5. The summed E-state index contributed by atoms with van der Waals surface area (Å²) in [6.07, 6.45) is 2.92. The number of hydrogen-bond donors (Lipinski definition) is 2. The maximum absolute atomic E-state index is 12.2. The summed E-state index contributed by atoms with van der Waals surface area (Å²) in [4.78, 5) is 31.8. The summed E-state index contributed by atoms with van der Waals surface area (Å²) in [5, 5.41) is 5.83. The molecule has 0 aliphatic rings. The normalized spacial score (nSPS) is 10.2. The lowest BCUT2D eigenvalue weighted by Crippen LogP contribution is -2.13. The summed E-state index contributed by atoms with van der Waals surface area (Å²) >= 11 is 0. The van der Waals surface area contributed by atoms with Gasteiger partial charge in [0.2, 0.25) is 5.95 Å². The molecule has 3 aromatic rings. The van der Waals surface area contributed by atoms with Gasteiger partial charge in [0, 0.05) is 29.3 Å². The Morgan fingerprint density at radius 1 is 0.808 bits per heavy atom. The molecule has 1 amide bonds. The molecule has 1 heterocycles. The van der Waals surface area contributed by atoms with Gasteiger partial charge in [-0.2, -0.15) is 0 Å². The van der Waals surface area contributed by atoms with Gasteiger partial charge in [-0.05, 0) is 50.2 Å². The second-order valence-electron chi connectivity index (χ2n) is 5.87. The van der Waals surface area contributed by atoms with Crippen molar-refractivity contribution in [1.29, 1.82) is 0 Å². The molecule has 2 N–H and O–H groups in total. The Morgan fingerprint density at radius 2 is 1.38 bits per heavy atom. The third-order valence-electron chi connectivity index (χ3n) is 3.77. The molecule has 0 bridgehead atoms. The molecular formula is C20H18N4O2. The Balaban J connectivity index is 1.64. The number of nitrogens with one attached hydrogen (secondary N) is 2. The number of amides is 1. The number of aryl methyl sites for hydroxylation is 1. The van der Waals surface area contributed by atoms with E-state index >= 15 is 0 Å². The minimum atomic E-state index is -0.272. The molecule has 0 saturated carbocycles. The molecule has 26 heavy (non-hydrogen) atoms. The first kappa shape index (κ1) is 17.3. The molecule has 3 rings (SSSR count). The Hall–Kier alpha value is -3.54. The van der Waals surface area contributed by atoms with E-state index in [1.54, 1.807) is 24.3 Å². The van der Waals surface area contributed by atoms with Crippen molar-refractivity contribution in [3.63, 3.8) is 0 Å². The highest BCUT2D eigenvalue weighted by atomic mass is 16.1. The lowest BCUT2D eigenvalue weighted by Gasteiger charge is -2.07. The number of Topliss-reactive ketones (excluding diaryl/α,β-unsaturated/α-hetero) is 1. The van der Waals surface area contributed by atoms with E-state index in [1.807, 2.05) is 31.2 Å². The number of ketones is 1. The maximum Gasteiger partial charge on any atom is 0.258 e. The van der Waals surface area contributed by atoms with Crippen molar-refractivity contribution in [1.82, 2.24) is 9.97 Å². The second-order valence-corrected chi connectivity index (χ2v) is 5.87. The topological polar surface area (TPSA) is 84.0 Å². The van der Waals surface area contributed by atoms with Crippen LogP contribution in [0.4, 0.5) is 17.3 Å². The van der Waals surface area contributed by atoms with Crippen molar-refractivity contribution in [3.05, 3.63) is 77.6 Å². The van der Waals surface area contributed by atoms with E-state index < -0.39 is 0 Å². The molecule has 130 valence electrons. The number of anilines is 3.